The highest BCUT2D eigenvalue weighted by Crippen LogP contribution is 2.23. The van der Waals surface area contributed by atoms with Gasteiger partial charge in [0.05, 0.1) is 0 Å². The first kappa shape index (κ1) is 13.0. The van der Waals surface area contributed by atoms with Crippen LogP contribution < -0.4 is 0 Å². The Bertz CT molecular complexity index is 711. The van der Waals surface area contributed by atoms with Crippen molar-refractivity contribution >= 4 is 10.9 Å². The molecule has 0 atom stereocenters. The van der Waals surface area contributed by atoms with Crippen molar-refractivity contribution in [1.29, 1.82) is 0 Å². The Morgan fingerprint density at radius 3 is 2.25 bits per heavy atom. The fraction of sp³-hybridized carbons (Fsp3) is 0.263. The second kappa shape index (κ2) is 4.82. The predicted octanol–water partition coefficient (Wildman–Crippen LogP) is 5.06. The maximum atomic E-state index is 3.23. The van der Waals surface area contributed by atoms with Gasteiger partial charge < -0.3 is 4.98 Å². The van der Waals surface area contributed by atoms with E-state index in [4.69, 9.17) is 0 Å². The fourth-order valence-electron chi connectivity index (χ4n) is 2.57. The zero-order chi connectivity index (χ0) is 14.2. The highest BCUT2D eigenvalue weighted by atomic mass is 14.7. The van der Waals surface area contributed by atoms with Crippen LogP contribution >= 0.6 is 0 Å². The smallest absolute Gasteiger partial charge is 0.0454 e. The molecule has 0 amide bonds. The van der Waals surface area contributed by atoms with E-state index in [1.54, 1.807) is 0 Å². The molecular formula is C19H21N. The van der Waals surface area contributed by atoms with Crippen LogP contribution in [-0.2, 0) is 11.8 Å². The molecule has 102 valence electrons. The number of hydrogen-bond acceptors (Lipinski definition) is 0. The summed E-state index contributed by atoms with van der Waals surface area (Å²) in [6, 6.07) is 17.8. The first-order valence-electron chi connectivity index (χ1n) is 7.18. The molecule has 3 rings (SSSR count). The van der Waals surface area contributed by atoms with Crippen molar-refractivity contribution in [1.82, 2.24) is 4.98 Å². The average Bonchev–Trinajstić information content (AvgIpc) is 2.86. The largest absolute Gasteiger partial charge is 0.361 e. The Labute approximate surface area is 120 Å². The first-order chi connectivity index (χ1) is 9.52. The maximum absolute atomic E-state index is 3.23. The van der Waals surface area contributed by atoms with Crippen molar-refractivity contribution in [3.8, 4) is 0 Å². The molecule has 2 aromatic carbocycles. The lowest BCUT2D eigenvalue weighted by Crippen LogP contribution is -2.10. The molecule has 0 bridgehead atoms. The number of hydrogen-bond donors (Lipinski definition) is 1. The van der Waals surface area contributed by atoms with Gasteiger partial charge in [0.2, 0.25) is 0 Å². The molecule has 1 N–H and O–H groups in total. The lowest BCUT2D eigenvalue weighted by molar-refractivity contribution is 0.590. The average molecular weight is 263 g/mol. The van der Waals surface area contributed by atoms with Gasteiger partial charge in [-0.2, -0.15) is 0 Å². The highest BCUT2D eigenvalue weighted by molar-refractivity contribution is 5.80. The summed E-state index contributed by atoms with van der Waals surface area (Å²) in [6.45, 7) is 6.76. The van der Waals surface area contributed by atoms with E-state index in [-0.39, 0.29) is 5.41 Å². The van der Waals surface area contributed by atoms with E-state index in [0.717, 1.165) is 6.42 Å². The number of aromatic nitrogens is 1. The molecule has 0 fully saturated rings. The molecule has 3 aromatic rings. The third-order valence-corrected chi connectivity index (χ3v) is 3.85. The van der Waals surface area contributed by atoms with E-state index >= 15 is 0 Å². The molecule has 0 saturated carbocycles. The quantitative estimate of drug-likeness (QED) is 0.665. The Morgan fingerprint density at radius 2 is 1.55 bits per heavy atom. The van der Waals surface area contributed by atoms with Gasteiger partial charge in [-0.1, -0.05) is 51.1 Å². The molecule has 0 aliphatic rings. The first-order valence-corrected chi connectivity index (χ1v) is 7.18. The van der Waals surface area contributed by atoms with Crippen LogP contribution in [-0.4, -0.2) is 4.98 Å². The summed E-state index contributed by atoms with van der Waals surface area (Å²) < 4.78 is 0. The van der Waals surface area contributed by atoms with Gasteiger partial charge in [0.25, 0.3) is 0 Å². The molecule has 1 nitrogen and oxygen atoms in total. The normalized spacial score (nSPS) is 11.9. The standard InChI is InChI=1S/C19H21N/c1-19(2,3)17-7-4-14(5-8-17)12-15-6-9-18-16(13-15)10-11-20-18/h4-11,13,20H,12H2,1-3H3. The molecule has 0 saturated heterocycles. The van der Waals surface area contributed by atoms with Gasteiger partial charge in [0.15, 0.2) is 0 Å². The van der Waals surface area contributed by atoms with E-state index in [2.05, 4.69) is 74.3 Å². The second-order valence-corrected chi connectivity index (χ2v) is 6.52. The Morgan fingerprint density at radius 1 is 0.850 bits per heavy atom. The third kappa shape index (κ3) is 2.62. The molecule has 0 spiro atoms. The van der Waals surface area contributed by atoms with Gasteiger partial charge in [-0.25, -0.2) is 0 Å². The topological polar surface area (TPSA) is 15.8 Å². The Balaban J connectivity index is 1.83. The van der Waals surface area contributed by atoms with E-state index in [9.17, 15) is 0 Å². The molecule has 20 heavy (non-hydrogen) atoms. The molecule has 0 aliphatic heterocycles. The number of nitrogens with one attached hydrogen (secondary N) is 1. The van der Waals surface area contributed by atoms with Crippen molar-refractivity contribution < 1.29 is 0 Å². The minimum atomic E-state index is 0.225. The molecule has 0 unspecified atom stereocenters. The minimum Gasteiger partial charge on any atom is -0.361 e. The van der Waals surface area contributed by atoms with Gasteiger partial charge in [0, 0.05) is 11.7 Å². The third-order valence-electron chi connectivity index (χ3n) is 3.85. The van der Waals surface area contributed by atoms with Gasteiger partial charge in [-0.3, -0.25) is 0 Å². The molecule has 0 radical (unpaired) electrons. The molecule has 1 heteroatoms. The SMILES string of the molecule is CC(C)(C)c1ccc(Cc2ccc3[nH]ccc3c2)cc1. The summed E-state index contributed by atoms with van der Waals surface area (Å²) in [7, 11) is 0. The van der Waals surface area contributed by atoms with Gasteiger partial charge in [-0.05, 0) is 52.1 Å². The highest BCUT2D eigenvalue weighted by Gasteiger charge is 2.12. The molecule has 1 aromatic heterocycles. The van der Waals surface area contributed by atoms with Crippen molar-refractivity contribution in [3.63, 3.8) is 0 Å². The van der Waals surface area contributed by atoms with Crippen LogP contribution in [0.5, 0.6) is 0 Å². The zero-order valence-electron chi connectivity index (χ0n) is 12.4. The monoisotopic (exact) mass is 263 g/mol. The van der Waals surface area contributed by atoms with Crippen LogP contribution in [0.1, 0.15) is 37.5 Å². The predicted molar refractivity (Wildman–Crippen MR) is 86.2 cm³/mol. The van der Waals surface area contributed by atoms with Crippen LogP contribution in [0.15, 0.2) is 54.7 Å². The summed E-state index contributed by atoms with van der Waals surface area (Å²) in [5.41, 5.74) is 5.55. The summed E-state index contributed by atoms with van der Waals surface area (Å²) in [5, 5.41) is 1.29. The van der Waals surface area contributed by atoms with E-state index in [1.807, 2.05) is 6.20 Å². The number of benzene rings is 2. The number of rotatable bonds is 2. The Hall–Kier alpha value is -2.02. The van der Waals surface area contributed by atoms with Crippen LogP contribution in [0.2, 0.25) is 0 Å². The van der Waals surface area contributed by atoms with Crippen molar-refractivity contribution in [2.45, 2.75) is 32.6 Å². The minimum absolute atomic E-state index is 0.225. The van der Waals surface area contributed by atoms with Gasteiger partial charge >= 0.3 is 0 Å². The molecule has 1 heterocycles. The summed E-state index contributed by atoms with van der Waals surface area (Å²) in [5.74, 6) is 0. The number of fused-ring (bicyclic) bond motifs is 1. The van der Waals surface area contributed by atoms with Crippen molar-refractivity contribution in [3.05, 3.63) is 71.4 Å². The van der Waals surface area contributed by atoms with Crippen LogP contribution in [0.3, 0.4) is 0 Å². The Kier molecular flexibility index (Phi) is 3.13. The van der Waals surface area contributed by atoms with E-state index in [1.165, 1.54) is 27.6 Å². The van der Waals surface area contributed by atoms with Crippen molar-refractivity contribution in [2.75, 3.05) is 0 Å². The van der Waals surface area contributed by atoms with Crippen molar-refractivity contribution in [2.24, 2.45) is 0 Å². The molecular weight excluding hydrogens is 242 g/mol. The lowest BCUT2D eigenvalue weighted by atomic mass is 9.86. The number of H-pyrrole nitrogens is 1. The van der Waals surface area contributed by atoms with Crippen LogP contribution in [0.25, 0.3) is 10.9 Å². The van der Waals surface area contributed by atoms with E-state index < -0.39 is 0 Å². The van der Waals surface area contributed by atoms with E-state index in [0.29, 0.717) is 0 Å². The summed E-state index contributed by atoms with van der Waals surface area (Å²) in [4.78, 5) is 3.23. The van der Waals surface area contributed by atoms with Gasteiger partial charge in [0.1, 0.15) is 0 Å². The summed E-state index contributed by atoms with van der Waals surface area (Å²) >= 11 is 0. The van der Waals surface area contributed by atoms with Crippen LogP contribution in [0, 0.1) is 0 Å². The second-order valence-electron chi connectivity index (χ2n) is 6.52. The number of aromatic amines is 1. The zero-order valence-corrected chi connectivity index (χ0v) is 12.4. The maximum Gasteiger partial charge on any atom is 0.0454 e. The summed E-state index contributed by atoms with van der Waals surface area (Å²) in [6.07, 6.45) is 2.98. The van der Waals surface area contributed by atoms with Gasteiger partial charge in [-0.15, -0.1) is 0 Å². The molecule has 0 aliphatic carbocycles. The lowest BCUT2D eigenvalue weighted by Gasteiger charge is -2.19. The fourth-order valence-corrected chi connectivity index (χ4v) is 2.57. The van der Waals surface area contributed by atoms with Crippen LogP contribution in [0.4, 0.5) is 0 Å².